The zero-order chi connectivity index (χ0) is 15.2. The van der Waals surface area contributed by atoms with Gasteiger partial charge in [0.15, 0.2) is 0 Å². The maximum Gasteiger partial charge on any atom is 0.137 e. The number of halogens is 2. The number of anilines is 1. The summed E-state index contributed by atoms with van der Waals surface area (Å²) in [6, 6.07) is 5.15. The second-order valence-corrected chi connectivity index (χ2v) is 5.53. The molecule has 0 unspecified atom stereocenters. The number of hydrogen-bond acceptors (Lipinski definition) is 4. The average Bonchev–Trinajstić information content (AvgIpc) is 2.43. The Labute approximate surface area is 127 Å². The van der Waals surface area contributed by atoms with Gasteiger partial charge in [-0.1, -0.05) is 18.7 Å². The molecular formula is C15H17F2N3S. The van der Waals surface area contributed by atoms with Gasteiger partial charge in [-0.25, -0.2) is 18.7 Å². The van der Waals surface area contributed by atoms with Crippen LogP contribution in [0.3, 0.4) is 0 Å². The van der Waals surface area contributed by atoms with E-state index in [1.54, 1.807) is 6.07 Å². The first-order valence-corrected chi connectivity index (χ1v) is 7.68. The molecule has 0 amide bonds. The van der Waals surface area contributed by atoms with Gasteiger partial charge in [0.25, 0.3) is 0 Å². The van der Waals surface area contributed by atoms with Crippen molar-refractivity contribution in [2.75, 3.05) is 11.9 Å². The molecule has 0 aliphatic heterocycles. The molecule has 0 aliphatic carbocycles. The zero-order valence-electron chi connectivity index (χ0n) is 12.0. The molecule has 0 spiro atoms. The lowest BCUT2D eigenvalue weighted by molar-refractivity contribution is 0.577. The lowest BCUT2D eigenvalue weighted by Gasteiger charge is -2.09. The first-order chi connectivity index (χ1) is 10.1. The Morgan fingerprint density at radius 1 is 1.14 bits per heavy atom. The van der Waals surface area contributed by atoms with E-state index in [0.29, 0.717) is 16.7 Å². The Morgan fingerprint density at radius 2 is 1.95 bits per heavy atom. The second kappa shape index (κ2) is 7.36. The van der Waals surface area contributed by atoms with Crippen LogP contribution in [-0.4, -0.2) is 16.5 Å². The largest absolute Gasteiger partial charge is 0.370 e. The van der Waals surface area contributed by atoms with Gasteiger partial charge < -0.3 is 5.32 Å². The summed E-state index contributed by atoms with van der Waals surface area (Å²) in [6.45, 7) is 4.75. The first kappa shape index (κ1) is 15.7. The highest BCUT2D eigenvalue weighted by Crippen LogP contribution is 2.30. The third kappa shape index (κ3) is 4.39. The van der Waals surface area contributed by atoms with Crippen molar-refractivity contribution >= 4 is 17.6 Å². The van der Waals surface area contributed by atoms with Crippen LogP contribution in [0.25, 0.3) is 0 Å². The Balaban J connectivity index is 2.31. The Hall–Kier alpha value is -1.69. The fourth-order valence-electron chi connectivity index (χ4n) is 1.80. The summed E-state index contributed by atoms with van der Waals surface area (Å²) in [7, 11) is 0. The van der Waals surface area contributed by atoms with E-state index in [2.05, 4.69) is 15.3 Å². The highest BCUT2D eigenvalue weighted by molar-refractivity contribution is 7.99. The van der Waals surface area contributed by atoms with E-state index in [1.807, 2.05) is 13.8 Å². The Morgan fingerprint density at radius 3 is 2.67 bits per heavy atom. The van der Waals surface area contributed by atoms with Crippen LogP contribution in [-0.2, 0) is 6.42 Å². The molecule has 0 saturated heterocycles. The SMILES string of the molecule is CCCc1nc(NCC)cc(Sc2cc(F)ccc2F)n1. The van der Waals surface area contributed by atoms with Crippen molar-refractivity contribution in [2.24, 2.45) is 0 Å². The van der Waals surface area contributed by atoms with Crippen LogP contribution in [0.5, 0.6) is 0 Å². The van der Waals surface area contributed by atoms with Crippen molar-refractivity contribution in [1.29, 1.82) is 0 Å². The smallest absolute Gasteiger partial charge is 0.137 e. The van der Waals surface area contributed by atoms with E-state index in [4.69, 9.17) is 0 Å². The molecule has 1 heterocycles. The lowest BCUT2D eigenvalue weighted by atomic mass is 10.3. The molecule has 0 radical (unpaired) electrons. The van der Waals surface area contributed by atoms with E-state index in [1.165, 1.54) is 6.07 Å². The molecule has 0 atom stereocenters. The average molecular weight is 309 g/mol. The maximum atomic E-state index is 13.7. The number of nitrogens with one attached hydrogen (secondary N) is 1. The van der Waals surface area contributed by atoms with Crippen molar-refractivity contribution in [2.45, 2.75) is 36.6 Å². The molecule has 2 rings (SSSR count). The molecule has 0 aliphatic rings. The topological polar surface area (TPSA) is 37.8 Å². The Bertz CT molecular complexity index is 596. The van der Waals surface area contributed by atoms with Gasteiger partial charge in [0.1, 0.15) is 28.3 Å². The third-order valence-electron chi connectivity index (χ3n) is 2.69. The highest BCUT2D eigenvalue weighted by Gasteiger charge is 2.10. The normalized spacial score (nSPS) is 10.7. The minimum Gasteiger partial charge on any atom is -0.370 e. The summed E-state index contributed by atoms with van der Waals surface area (Å²) < 4.78 is 26.9. The van der Waals surface area contributed by atoms with Gasteiger partial charge in [-0.05, 0) is 31.5 Å². The summed E-state index contributed by atoms with van der Waals surface area (Å²) in [6.07, 6.45) is 1.67. The molecule has 0 bridgehead atoms. The van der Waals surface area contributed by atoms with Crippen molar-refractivity contribution in [3.05, 3.63) is 41.7 Å². The number of aromatic nitrogens is 2. The minimum absolute atomic E-state index is 0.221. The highest BCUT2D eigenvalue weighted by atomic mass is 32.2. The van der Waals surface area contributed by atoms with Crippen LogP contribution in [0.2, 0.25) is 0 Å². The molecule has 2 aromatic rings. The van der Waals surface area contributed by atoms with E-state index in [-0.39, 0.29) is 4.90 Å². The van der Waals surface area contributed by atoms with Crippen LogP contribution in [0.15, 0.2) is 34.2 Å². The number of rotatable bonds is 6. The fraction of sp³-hybridized carbons (Fsp3) is 0.333. The number of aryl methyl sites for hydroxylation is 1. The summed E-state index contributed by atoms with van der Waals surface area (Å²) in [5.74, 6) is 0.487. The number of benzene rings is 1. The predicted molar refractivity (Wildman–Crippen MR) is 80.7 cm³/mol. The summed E-state index contributed by atoms with van der Waals surface area (Å²) in [4.78, 5) is 9.01. The van der Waals surface area contributed by atoms with E-state index < -0.39 is 11.6 Å². The number of hydrogen-bond donors (Lipinski definition) is 1. The van der Waals surface area contributed by atoms with Gasteiger partial charge in [-0.15, -0.1) is 0 Å². The van der Waals surface area contributed by atoms with E-state index >= 15 is 0 Å². The Kier molecular flexibility index (Phi) is 5.50. The monoisotopic (exact) mass is 309 g/mol. The molecule has 1 aromatic carbocycles. The molecule has 3 nitrogen and oxygen atoms in total. The zero-order valence-corrected chi connectivity index (χ0v) is 12.8. The van der Waals surface area contributed by atoms with Crippen LogP contribution in [0.1, 0.15) is 26.1 Å². The maximum absolute atomic E-state index is 13.7. The van der Waals surface area contributed by atoms with Crippen molar-refractivity contribution < 1.29 is 8.78 Å². The number of nitrogens with zero attached hydrogens (tertiary/aromatic N) is 2. The van der Waals surface area contributed by atoms with Crippen LogP contribution >= 0.6 is 11.8 Å². The van der Waals surface area contributed by atoms with E-state index in [9.17, 15) is 8.78 Å². The minimum atomic E-state index is -0.464. The summed E-state index contributed by atoms with van der Waals surface area (Å²) in [5.41, 5.74) is 0. The molecular weight excluding hydrogens is 292 g/mol. The molecule has 6 heteroatoms. The third-order valence-corrected chi connectivity index (χ3v) is 3.64. The van der Waals surface area contributed by atoms with Gasteiger partial charge in [0.2, 0.25) is 0 Å². The molecule has 112 valence electrons. The standard InChI is InChI=1S/C15H17F2N3S/c1-3-5-13-19-14(18-4-2)9-15(20-13)21-12-8-10(16)6-7-11(12)17/h6-9H,3-5H2,1-2H3,(H,18,19,20). The summed E-state index contributed by atoms with van der Waals surface area (Å²) in [5, 5.41) is 3.73. The van der Waals surface area contributed by atoms with Gasteiger partial charge >= 0.3 is 0 Å². The second-order valence-electron chi connectivity index (χ2n) is 4.46. The summed E-state index contributed by atoms with van der Waals surface area (Å²) >= 11 is 1.10. The van der Waals surface area contributed by atoms with Gasteiger partial charge in [0.05, 0.1) is 4.90 Å². The quantitative estimate of drug-likeness (QED) is 0.808. The van der Waals surface area contributed by atoms with Crippen molar-refractivity contribution in [3.63, 3.8) is 0 Å². The van der Waals surface area contributed by atoms with Crippen LogP contribution in [0.4, 0.5) is 14.6 Å². The van der Waals surface area contributed by atoms with Gasteiger partial charge in [-0.3, -0.25) is 0 Å². The first-order valence-electron chi connectivity index (χ1n) is 6.87. The lowest BCUT2D eigenvalue weighted by Crippen LogP contribution is -2.04. The van der Waals surface area contributed by atoms with Crippen LogP contribution in [0, 0.1) is 11.6 Å². The van der Waals surface area contributed by atoms with Gasteiger partial charge in [-0.2, -0.15) is 0 Å². The molecule has 0 saturated carbocycles. The van der Waals surface area contributed by atoms with Crippen molar-refractivity contribution in [3.8, 4) is 0 Å². The molecule has 1 N–H and O–H groups in total. The van der Waals surface area contributed by atoms with Gasteiger partial charge in [0, 0.05) is 19.0 Å². The van der Waals surface area contributed by atoms with Crippen LogP contribution < -0.4 is 5.32 Å². The fourth-order valence-corrected chi connectivity index (χ4v) is 2.68. The van der Waals surface area contributed by atoms with E-state index in [0.717, 1.165) is 43.3 Å². The molecule has 1 aromatic heterocycles. The van der Waals surface area contributed by atoms with Crippen molar-refractivity contribution in [1.82, 2.24) is 9.97 Å². The predicted octanol–water partition coefficient (Wildman–Crippen LogP) is 4.29. The molecule has 0 fully saturated rings. The molecule has 21 heavy (non-hydrogen) atoms.